The summed E-state index contributed by atoms with van der Waals surface area (Å²) in [6.45, 7) is 2.31. The van der Waals surface area contributed by atoms with E-state index in [0.717, 1.165) is 12.4 Å². The molecule has 0 saturated heterocycles. The van der Waals surface area contributed by atoms with Gasteiger partial charge in [-0.25, -0.2) is 9.97 Å². The Hall–Kier alpha value is -3.23. The van der Waals surface area contributed by atoms with Crippen molar-refractivity contribution in [1.29, 1.82) is 0 Å². The van der Waals surface area contributed by atoms with E-state index in [1.165, 1.54) is 7.11 Å². The van der Waals surface area contributed by atoms with Gasteiger partial charge in [0.2, 0.25) is 11.9 Å². The summed E-state index contributed by atoms with van der Waals surface area (Å²) in [6.07, 6.45) is 2.23. The van der Waals surface area contributed by atoms with Gasteiger partial charge in [0.1, 0.15) is 24.7 Å². The van der Waals surface area contributed by atoms with Crippen LogP contribution in [0.1, 0.15) is 6.92 Å². The first-order valence-corrected chi connectivity index (χ1v) is 7.19. The summed E-state index contributed by atoms with van der Waals surface area (Å²) in [5.74, 6) is 0.530. The molecule has 0 aliphatic heterocycles. The Kier molecular flexibility index (Phi) is 5.61. The van der Waals surface area contributed by atoms with Crippen LogP contribution in [0.4, 0.5) is 17.3 Å². The van der Waals surface area contributed by atoms with Crippen LogP contribution in [0.25, 0.3) is 0 Å². The van der Waals surface area contributed by atoms with Crippen molar-refractivity contribution in [2.75, 3.05) is 30.4 Å². The summed E-state index contributed by atoms with van der Waals surface area (Å²) < 4.78 is 5.18. The highest BCUT2D eigenvalue weighted by atomic mass is 16.6. The number of para-hydroxylation sites is 2. The molecule has 0 radical (unpaired) electrons. The van der Waals surface area contributed by atoms with Crippen LogP contribution in [-0.4, -0.2) is 41.0 Å². The number of amides is 1. The van der Waals surface area contributed by atoms with E-state index in [4.69, 9.17) is 4.74 Å². The number of carbonyl (C=O) groups excluding carboxylic acids is 1. The Morgan fingerprint density at radius 2 is 2.00 bits per heavy atom. The molecule has 1 aromatic carbocycles. The van der Waals surface area contributed by atoms with E-state index < -0.39 is 4.92 Å². The van der Waals surface area contributed by atoms with Gasteiger partial charge in [-0.15, -0.1) is 0 Å². The molecule has 1 heterocycles. The minimum atomic E-state index is -0.575. The van der Waals surface area contributed by atoms with Crippen molar-refractivity contribution in [1.82, 2.24) is 9.97 Å². The van der Waals surface area contributed by atoms with E-state index >= 15 is 0 Å². The fourth-order valence-corrected chi connectivity index (χ4v) is 2.01. The molecule has 9 heteroatoms. The third-order valence-corrected chi connectivity index (χ3v) is 3.22. The minimum absolute atomic E-state index is 0.00631. The van der Waals surface area contributed by atoms with Crippen LogP contribution < -0.4 is 15.0 Å². The molecule has 1 N–H and O–H groups in total. The van der Waals surface area contributed by atoms with Gasteiger partial charge in [0.05, 0.1) is 17.7 Å². The molecule has 2 aromatic rings. The number of ether oxygens (including phenoxy) is 1. The molecule has 0 spiro atoms. The average molecular weight is 331 g/mol. The Labute approximate surface area is 138 Å². The summed E-state index contributed by atoms with van der Waals surface area (Å²) in [5.41, 5.74) is 0.360. The number of anilines is 2. The molecule has 0 atom stereocenters. The van der Waals surface area contributed by atoms with Gasteiger partial charge >= 0.3 is 5.69 Å². The van der Waals surface area contributed by atoms with Crippen LogP contribution in [0.2, 0.25) is 0 Å². The van der Waals surface area contributed by atoms with Gasteiger partial charge in [-0.2, -0.15) is 0 Å². The minimum Gasteiger partial charge on any atom is -0.495 e. The number of hydrogen-bond acceptors (Lipinski definition) is 7. The molecule has 126 valence electrons. The molecule has 0 bridgehead atoms. The number of benzene rings is 1. The number of nitrogens with one attached hydrogen (secondary N) is 1. The van der Waals surface area contributed by atoms with Crippen LogP contribution in [-0.2, 0) is 4.79 Å². The summed E-state index contributed by atoms with van der Waals surface area (Å²) in [5, 5.41) is 13.4. The number of carbonyl (C=O) groups is 1. The highest BCUT2D eigenvalue weighted by Gasteiger charge is 2.15. The molecule has 2 rings (SSSR count). The molecule has 0 aliphatic rings. The SMILES string of the molecule is CCN(CC(=O)Nc1ccccc1OC)c1ncc([N+](=O)[O-])cn1. The zero-order valence-corrected chi connectivity index (χ0v) is 13.3. The van der Waals surface area contributed by atoms with E-state index in [-0.39, 0.29) is 24.1 Å². The number of methoxy groups -OCH3 is 1. The van der Waals surface area contributed by atoms with Crippen molar-refractivity contribution in [3.63, 3.8) is 0 Å². The van der Waals surface area contributed by atoms with Crippen LogP contribution >= 0.6 is 0 Å². The second-order valence-corrected chi connectivity index (χ2v) is 4.76. The maximum absolute atomic E-state index is 12.2. The summed E-state index contributed by atoms with van der Waals surface area (Å²) in [4.78, 5) is 31.8. The summed E-state index contributed by atoms with van der Waals surface area (Å²) in [7, 11) is 1.52. The third kappa shape index (κ3) is 4.15. The second kappa shape index (κ2) is 7.86. The van der Waals surface area contributed by atoms with Gasteiger partial charge in [0.25, 0.3) is 0 Å². The lowest BCUT2D eigenvalue weighted by atomic mass is 10.3. The predicted molar refractivity (Wildman–Crippen MR) is 88.2 cm³/mol. The molecule has 1 aromatic heterocycles. The van der Waals surface area contributed by atoms with Crippen molar-refractivity contribution in [2.45, 2.75) is 6.92 Å². The van der Waals surface area contributed by atoms with Crippen molar-refractivity contribution < 1.29 is 14.5 Å². The maximum Gasteiger partial charge on any atom is 0.305 e. The molecule has 24 heavy (non-hydrogen) atoms. The molecule has 0 saturated carbocycles. The number of nitro groups is 1. The van der Waals surface area contributed by atoms with Crippen molar-refractivity contribution in [3.05, 3.63) is 46.8 Å². The van der Waals surface area contributed by atoms with Gasteiger partial charge < -0.3 is 15.0 Å². The predicted octanol–water partition coefficient (Wildman–Crippen LogP) is 1.86. The van der Waals surface area contributed by atoms with E-state index in [0.29, 0.717) is 18.0 Å². The first-order valence-electron chi connectivity index (χ1n) is 7.19. The second-order valence-electron chi connectivity index (χ2n) is 4.76. The zero-order valence-electron chi connectivity index (χ0n) is 13.3. The molecule has 9 nitrogen and oxygen atoms in total. The molecular formula is C15H17N5O4. The zero-order chi connectivity index (χ0) is 17.5. The van der Waals surface area contributed by atoms with E-state index in [1.807, 2.05) is 6.92 Å². The normalized spacial score (nSPS) is 10.1. The molecular weight excluding hydrogens is 314 g/mol. The molecule has 0 fully saturated rings. The van der Waals surface area contributed by atoms with Gasteiger partial charge in [0.15, 0.2) is 0 Å². The standard InChI is InChI=1S/C15H17N5O4/c1-3-19(15-16-8-11(9-17-15)20(22)23)10-14(21)18-12-6-4-5-7-13(12)24-2/h4-9H,3,10H2,1-2H3,(H,18,21). The van der Waals surface area contributed by atoms with E-state index in [1.54, 1.807) is 29.2 Å². The van der Waals surface area contributed by atoms with Gasteiger partial charge in [0, 0.05) is 6.54 Å². The number of hydrogen-bond donors (Lipinski definition) is 1. The van der Waals surface area contributed by atoms with Crippen LogP contribution in [0.15, 0.2) is 36.7 Å². The quantitative estimate of drug-likeness (QED) is 0.609. The topological polar surface area (TPSA) is 110 Å². The van der Waals surface area contributed by atoms with Gasteiger partial charge in [-0.1, -0.05) is 12.1 Å². The Morgan fingerprint density at radius 1 is 1.33 bits per heavy atom. The number of aromatic nitrogens is 2. The maximum atomic E-state index is 12.2. The van der Waals surface area contributed by atoms with Crippen LogP contribution in [0, 0.1) is 10.1 Å². The van der Waals surface area contributed by atoms with Crippen LogP contribution in [0.5, 0.6) is 5.75 Å². The lowest BCUT2D eigenvalue weighted by Crippen LogP contribution is -2.34. The fourth-order valence-electron chi connectivity index (χ4n) is 2.01. The molecule has 0 aliphatic carbocycles. The first-order chi connectivity index (χ1) is 11.5. The van der Waals surface area contributed by atoms with Gasteiger partial charge in [-0.3, -0.25) is 14.9 Å². The number of nitrogens with zero attached hydrogens (tertiary/aromatic N) is 4. The van der Waals surface area contributed by atoms with Crippen molar-refractivity contribution >= 4 is 23.2 Å². The number of likely N-dealkylation sites (N-methyl/N-ethyl adjacent to an activating group) is 1. The Balaban J connectivity index is 2.06. The Morgan fingerprint density at radius 3 is 2.58 bits per heavy atom. The van der Waals surface area contributed by atoms with E-state index in [9.17, 15) is 14.9 Å². The number of rotatable bonds is 7. The van der Waals surface area contributed by atoms with Gasteiger partial charge in [-0.05, 0) is 19.1 Å². The molecule has 1 amide bonds. The smallest absolute Gasteiger partial charge is 0.305 e. The summed E-state index contributed by atoms with van der Waals surface area (Å²) >= 11 is 0. The lowest BCUT2D eigenvalue weighted by Gasteiger charge is -2.20. The molecule has 0 unspecified atom stereocenters. The first kappa shape index (κ1) is 17.1. The highest BCUT2D eigenvalue weighted by molar-refractivity contribution is 5.95. The van der Waals surface area contributed by atoms with Crippen molar-refractivity contribution in [2.24, 2.45) is 0 Å². The fraction of sp³-hybridized carbons (Fsp3) is 0.267. The lowest BCUT2D eigenvalue weighted by molar-refractivity contribution is -0.385. The third-order valence-electron chi connectivity index (χ3n) is 3.22. The van der Waals surface area contributed by atoms with Crippen molar-refractivity contribution in [3.8, 4) is 5.75 Å². The van der Waals surface area contributed by atoms with E-state index in [2.05, 4.69) is 15.3 Å². The monoisotopic (exact) mass is 331 g/mol. The largest absolute Gasteiger partial charge is 0.495 e. The Bertz CT molecular complexity index is 720. The average Bonchev–Trinajstić information content (AvgIpc) is 2.60. The highest BCUT2D eigenvalue weighted by Crippen LogP contribution is 2.23. The van der Waals surface area contributed by atoms with Crippen LogP contribution in [0.3, 0.4) is 0 Å². The summed E-state index contributed by atoms with van der Waals surface area (Å²) in [6, 6.07) is 7.06.